The number of anilines is 2. The molecule has 0 saturated carbocycles. The fourth-order valence-electron chi connectivity index (χ4n) is 4.08. The Labute approximate surface area is 239 Å². The van der Waals surface area contributed by atoms with Crippen LogP contribution >= 0.6 is 34.4 Å². The molecule has 6 N–H and O–H groups in total. The fourth-order valence-corrected chi connectivity index (χ4v) is 6.51. The number of thiazole rings is 2. The third-order valence-electron chi connectivity index (χ3n) is 5.96. The molecule has 0 aromatic carbocycles. The molecular weight excluding hydrogens is 581 g/mol. The Morgan fingerprint density at radius 1 is 1.23 bits per heavy atom. The molecule has 14 nitrogen and oxygen atoms in total. The Bertz CT molecular complexity index is 1520. The normalized spacial score (nSPS) is 18.8. The average molecular weight is 603 g/mol. The summed E-state index contributed by atoms with van der Waals surface area (Å²) in [6, 6.07) is 2.41. The minimum atomic E-state index is -1.48. The first kappa shape index (κ1) is 27.5. The molecule has 2 aliphatic rings. The molecule has 3 aromatic rings. The minimum Gasteiger partial charge on any atom is -0.543 e. The van der Waals surface area contributed by atoms with Crippen LogP contribution in [0.4, 0.5) is 10.3 Å². The number of rotatable bonds is 10. The molecule has 5 heterocycles. The molecule has 0 bridgehead atoms. The number of aliphatic hydroxyl groups is 1. The van der Waals surface area contributed by atoms with E-state index in [1.165, 1.54) is 28.5 Å². The quantitative estimate of drug-likeness (QED) is 0.0913. The highest BCUT2D eigenvalue weighted by Crippen LogP contribution is 2.40. The molecule has 2 atom stereocenters. The number of thioether (sulfide) groups is 1. The van der Waals surface area contributed by atoms with E-state index >= 15 is 0 Å². The molecule has 0 aliphatic carbocycles. The number of aliphatic hydroxyl groups excluding tert-OH is 1. The molecule has 2 amide bonds. The lowest BCUT2D eigenvalue weighted by Gasteiger charge is -2.50. The summed E-state index contributed by atoms with van der Waals surface area (Å²) in [4.78, 5) is 53.0. The lowest BCUT2D eigenvalue weighted by Crippen LogP contribution is -2.71. The fraction of sp³-hybridized carbons (Fsp3) is 0.261. The predicted octanol–water partition coefficient (Wildman–Crippen LogP) is -1.43. The van der Waals surface area contributed by atoms with Gasteiger partial charge in [-0.15, -0.1) is 34.4 Å². The number of carbonyl (C=O) groups is 3. The van der Waals surface area contributed by atoms with Gasteiger partial charge in [-0.1, -0.05) is 5.16 Å². The second-order valence-electron chi connectivity index (χ2n) is 8.60. The number of β-lactam (4-membered cyclic amide) rings is 1. The van der Waals surface area contributed by atoms with Gasteiger partial charge < -0.3 is 36.6 Å². The molecule has 1 saturated heterocycles. The number of hydrogen-bond acceptors (Lipinski definition) is 14. The Kier molecular flexibility index (Phi) is 7.97. The van der Waals surface area contributed by atoms with E-state index in [1.807, 2.05) is 0 Å². The number of nitrogens with one attached hydrogen (secondary N) is 1. The van der Waals surface area contributed by atoms with Crippen molar-refractivity contribution in [2.24, 2.45) is 5.16 Å². The van der Waals surface area contributed by atoms with Gasteiger partial charge in [-0.25, -0.2) is 14.5 Å². The van der Waals surface area contributed by atoms with Crippen LogP contribution in [0.15, 0.2) is 51.7 Å². The second-order valence-corrected chi connectivity index (χ2v) is 11.5. The van der Waals surface area contributed by atoms with Gasteiger partial charge in [0.25, 0.3) is 11.8 Å². The van der Waals surface area contributed by atoms with E-state index < -0.39 is 29.2 Å². The van der Waals surface area contributed by atoms with Crippen LogP contribution < -0.4 is 26.5 Å². The van der Waals surface area contributed by atoms with Crippen LogP contribution in [0.2, 0.25) is 0 Å². The number of nitrogens with zero attached hydrogens (tertiary/aromatic N) is 5. The molecule has 3 aromatic heterocycles. The van der Waals surface area contributed by atoms with Crippen molar-refractivity contribution in [2.45, 2.75) is 31.2 Å². The number of pyridine rings is 1. The maximum absolute atomic E-state index is 13.2. The smallest absolute Gasteiger partial charge is 0.276 e. The SMILES string of the molecule is Nc1nc(CO/N=C(\C(=O)NC2C(=O)N3C(C(=O)[O-])=C(C[n+]4ccc(CO)cc4)CS[C@@H]23)c2csc(N)n2)cs1. The lowest BCUT2D eigenvalue weighted by atomic mass is 10.0. The zero-order valence-electron chi connectivity index (χ0n) is 20.6. The molecule has 0 radical (unpaired) electrons. The first-order valence-corrected chi connectivity index (χ1v) is 14.4. The average Bonchev–Trinajstić information content (AvgIpc) is 3.56. The third-order valence-corrected chi connectivity index (χ3v) is 8.70. The summed E-state index contributed by atoms with van der Waals surface area (Å²) in [5.74, 6) is -2.53. The van der Waals surface area contributed by atoms with Crippen molar-refractivity contribution in [3.05, 3.63) is 63.5 Å². The maximum atomic E-state index is 13.2. The number of nitrogen functional groups attached to an aromatic ring is 2. The topological polar surface area (TPSA) is 213 Å². The lowest BCUT2D eigenvalue weighted by molar-refractivity contribution is -0.689. The van der Waals surface area contributed by atoms with E-state index in [2.05, 4.69) is 20.4 Å². The Morgan fingerprint density at radius 3 is 2.58 bits per heavy atom. The highest BCUT2D eigenvalue weighted by molar-refractivity contribution is 8.00. The summed E-state index contributed by atoms with van der Waals surface area (Å²) < 4.78 is 1.74. The third kappa shape index (κ3) is 5.62. The summed E-state index contributed by atoms with van der Waals surface area (Å²) in [5.41, 5.74) is 12.8. The Hall–Kier alpha value is -4.06. The summed E-state index contributed by atoms with van der Waals surface area (Å²) in [5, 5.41) is 31.0. The van der Waals surface area contributed by atoms with Gasteiger partial charge in [0.1, 0.15) is 17.1 Å². The number of aliphatic carboxylic acids is 1. The maximum Gasteiger partial charge on any atom is 0.276 e. The number of carbonyl (C=O) groups excluding carboxylic acids is 3. The number of fused-ring (bicyclic) bond motifs is 1. The number of amides is 2. The summed E-state index contributed by atoms with van der Waals surface area (Å²) in [6.45, 7) is 0.0393. The van der Waals surface area contributed by atoms with Crippen LogP contribution in [0, 0.1) is 0 Å². The van der Waals surface area contributed by atoms with Gasteiger partial charge in [-0.2, -0.15) is 0 Å². The number of carboxylic acids is 1. The standard InChI is InChI=1S/C23H22N8O6S3/c24-22-26-13(9-39-22)7-37-29-15(14-10-40-23(25)27-14)18(33)28-16-19(34)31-17(21(35)36)12(8-38-20(16)31)5-30-3-1-11(6-32)2-4-30/h1-4,9-10,16,20,32H,5-8H2,(H5-,24,25,26,27,28,33,35,36)/b29-15-/t16?,20-/m0/s1. The van der Waals surface area contributed by atoms with Crippen molar-refractivity contribution < 1.29 is 34.0 Å². The Morgan fingerprint density at radius 2 is 1.95 bits per heavy atom. The first-order chi connectivity index (χ1) is 19.2. The second kappa shape index (κ2) is 11.6. The number of nitrogens with two attached hydrogens (primary N) is 2. The first-order valence-electron chi connectivity index (χ1n) is 11.6. The van der Waals surface area contributed by atoms with Crippen molar-refractivity contribution in [3.8, 4) is 0 Å². The van der Waals surface area contributed by atoms with E-state index in [-0.39, 0.29) is 42.0 Å². The molecule has 208 valence electrons. The van der Waals surface area contributed by atoms with Crippen molar-refractivity contribution in [2.75, 3.05) is 17.2 Å². The number of carboxylic acid groups (broad SMARTS) is 1. The van der Waals surface area contributed by atoms with E-state index in [9.17, 15) is 24.6 Å². The zero-order chi connectivity index (χ0) is 28.4. The van der Waals surface area contributed by atoms with Crippen molar-refractivity contribution in [1.29, 1.82) is 0 Å². The molecule has 1 unspecified atom stereocenters. The molecule has 2 aliphatic heterocycles. The van der Waals surface area contributed by atoms with Crippen LogP contribution in [-0.4, -0.2) is 60.6 Å². The van der Waals surface area contributed by atoms with Crippen LogP contribution in [0.3, 0.4) is 0 Å². The van der Waals surface area contributed by atoms with Crippen LogP contribution in [0.1, 0.15) is 17.0 Å². The number of oxime groups is 1. The predicted molar refractivity (Wildman–Crippen MR) is 144 cm³/mol. The zero-order valence-corrected chi connectivity index (χ0v) is 23.0. The van der Waals surface area contributed by atoms with Gasteiger partial charge in [0, 0.05) is 34.2 Å². The van der Waals surface area contributed by atoms with Gasteiger partial charge in [-0.3, -0.25) is 14.5 Å². The van der Waals surface area contributed by atoms with E-state index in [1.54, 1.807) is 34.5 Å². The van der Waals surface area contributed by atoms with Gasteiger partial charge >= 0.3 is 0 Å². The van der Waals surface area contributed by atoms with Crippen LogP contribution in [0.5, 0.6) is 0 Å². The van der Waals surface area contributed by atoms with Gasteiger partial charge in [-0.05, 0) is 5.56 Å². The minimum absolute atomic E-state index is 0.0536. The molecule has 40 heavy (non-hydrogen) atoms. The summed E-state index contributed by atoms with van der Waals surface area (Å²) in [7, 11) is 0. The monoisotopic (exact) mass is 602 g/mol. The molecule has 17 heteroatoms. The van der Waals surface area contributed by atoms with Crippen LogP contribution in [0.25, 0.3) is 0 Å². The largest absolute Gasteiger partial charge is 0.543 e. The summed E-state index contributed by atoms with van der Waals surface area (Å²) >= 11 is 3.64. The van der Waals surface area contributed by atoms with Crippen LogP contribution in [-0.2, 0) is 39.0 Å². The molecule has 5 rings (SSSR count). The highest BCUT2D eigenvalue weighted by atomic mass is 32.2. The van der Waals surface area contributed by atoms with Gasteiger partial charge in [0.05, 0.1) is 24.0 Å². The van der Waals surface area contributed by atoms with E-state index in [0.717, 1.165) is 16.2 Å². The molecule has 0 spiro atoms. The van der Waals surface area contributed by atoms with Crippen molar-refractivity contribution in [3.63, 3.8) is 0 Å². The van der Waals surface area contributed by atoms with Crippen molar-refractivity contribution in [1.82, 2.24) is 20.2 Å². The highest BCUT2D eigenvalue weighted by Gasteiger charge is 2.53. The van der Waals surface area contributed by atoms with Gasteiger partial charge in [0.2, 0.25) is 0 Å². The number of hydrogen-bond donors (Lipinski definition) is 4. The number of aromatic nitrogens is 3. The Balaban J connectivity index is 1.31. The molecular formula is C23H22N8O6S3. The summed E-state index contributed by atoms with van der Waals surface area (Å²) in [6.07, 6.45) is 3.42. The van der Waals surface area contributed by atoms with E-state index in [4.69, 9.17) is 16.3 Å². The van der Waals surface area contributed by atoms with Gasteiger partial charge in [0.15, 0.2) is 41.5 Å². The van der Waals surface area contributed by atoms with E-state index in [0.29, 0.717) is 27.7 Å². The molecule has 1 fully saturated rings. The van der Waals surface area contributed by atoms with Crippen molar-refractivity contribution >= 4 is 68.2 Å².